The number of piperidine rings is 1. The zero-order chi connectivity index (χ0) is 13.8. The molecule has 1 aliphatic carbocycles. The van der Waals surface area contributed by atoms with Gasteiger partial charge in [0, 0.05) is 17.5 Å². The van der Waals surface area contributed by atoms with Gasteiger partial charge in [0.15, 0.2) is 0 Å². The van der Waals surface area contributed by atoms with Gasteiger partial charge in [-0.1, -0.05) is 37.5 Å². The summed E-state index contributed by atoms with van der Waals surface area (Å²) in [6.07, 6.45) is 8.30. The molecule has 2 fully saturated rings. The van der Waals surface area contributed by atoms with Crippen LogP contribution >= 0.6 is 0 Å². The molecule has 0 spiro atoms. The van der Waals surface area contributed by atoms with Gasteiger partial charge in [-0.15, -0.1) is 0 Å². The monoisotopic (exact) mass is 281 g/mol. The lowest BCUT2D eigenvalue weighted by molar-refractivity contribution is 0.00533. The average molecular weight is 281 g/mol. The molecule has 110 valence electrons. The number of hydrogen-bond donors (Lipinski definition) is 0. The third kappa shape index (κ3) is 1.75. The lowest BCUT2D eigenvalue weighted by Crippen LogP contribution is -2.47. The summed E-state index contributed by atoms with van der Waals surface area (Å²) in [5, 5.41) is 1.37. The molecule has 3 heterocycles. The molecular formula is C19H23NO. The molecule has 21 heavy (non-hydrogen) atoms. The highest BCUT2D eigenvalue weighted by Crippen LogP contribution is 2.50. The second kappa shape index (κ2) is 4.61. The fraction of sp³-hybridized carbons (Fsp3) is 0.579. The van der Waals surface area contributed by atoms with Crippen molar-refractivity contribution < 1.29 is 4.42 Å². The van der Waals surface area contributed by atoms with Gasteiger partial charge in [-0.05, 0) is 43.7 Å². The molecule has 2 aromatic rings. The molecule has 2 aliphatic heterocycles. The molecule has 0 radical (unpaired) electrons. The van der Waals surface area contributed by atoms with E-state index in [1.807, 2.05) is 0 Å². The van der Waals surface area contributed by atoms with Gasteiger partial charge in [-0.25, -0.2) is 0 Å². The molecule has 0 unspecified atom stereocenters. The summed E-state index contributed by atoms with van der Waals surface area (Å²) in [6, 6.07) is 9.20. The maximum absolute atomic E-state index is 6.37. The Morgan fingerprint density at radius 2 is 1.90 bits per heavy atom. The number of fused-ring (bicyclic) bond motifs is 7. The van der Waals surface area contributed by atoms with Crippen molar-refractivity contribution in [2.75, 3.05) is 13.1 Å². The van der Waals surface area contributed by atoms with E-state index in [1.165, 1.54) is 68.3 Å². The second-order valence-electron chi connectivity index (χ2n) is 7.17. The lowest BCUT2D eigenvalue weighted by Gasteiger charge is -2.49. The van der Waals surface area contributed by atoms with E-state index in [9.17, 15) is 0 Å². The number of benzene rings is 1. The van der Waals surface area contributed by atoms with Crippen molar-refractivity contribution in [3.05, 3.63) is 35.6 Å². The molecule has 0 bridgehead atoms. The summed E-state index contributed by atoms with van der Waals surface area (Å²) >= 11 is 0. The Balaban J connectivity index is 1.65. The standard InChI is InChI=1S/C19H23NO/c1-2-6-14-13(5-1)9-11-20-12-10-16-15-7-3-4-8-17(15)21-19(16)18(14)20/h3-4,7-8,13-14,18H,1-2,5-6,9-12H2/t13-,14-,18-/m0/s1. The highest BCUT2D eigenvalue weighted by Gasteiger charge is 2.44. The Morgan fingerprint density at radius 3 is 2.90 bits per heavy atom. The predicted octanol–water partition coefficient (Wildman–Crippen LogP) is 4.54. The first-order valence-electron chi connectivity index (χ1n) is 8.66. The SMILES string of the molecule is c1ccc2c3c(oc2c1)[C@@H]1[C@H]2CCCC[C@H]2CCN1CC3. The van der Waals surface area contributed by atoms with Crippen LogP contribution in [0.3, 0.4) is 0 Å². The minimum atomic E-state index is 0.570. The van der Waals surface area contributed by atoms with E-state index in [0.29, 0.717) is 6.04 Å². The largest absolute Gasteiger partial charge is 0.459 e. The Labute approximate surface area is 126 Å². The number of furan rings is 1. The molecule has 2 nitrogen and oxygen atoms in total. The van der Waals surface area contributed by atoms with Crippen molar-refractivity contribution in [3.63, 3.8) is 0 Å². The first-order chi connectivity index (χ1) is 10.4. The molecular weight excluding hydrogens is 258 g/mol. The minimum absolute atomic E-state index is 0.570. The zero-order valence-electron chi connectivity index (χ0n) is 12.6. The van der Waals surface area contributed by atoms with Crippen LogP contribution in [0.4, 0.5) is 0 Å². The number of nitrogens with zero attached hydrogens (tertiary/aromatic N) is 1. The fourth-order valence-corrected chi connectivity index (χ4v) is 5.23. The molecule has 0 amide bonds. The third-order valence-corrected chi connectivity index (χ3v) is 6.20. The molecule has 1 saturated heterocycles. The lowest BCUT2D eigenvalue weighted by atomic mass is 9.69. The molecule has 2 heteroatoms. The van der Waals surface area contributed by atoms with Gasteiger partial charge in [0.25, 0.3) is 0 Å². The van der Waals surface area contributed by atoms with Crippen LogP contribution in [-0.4, -0.2) is 18.0 Å². The van der Waals surface area contributed by atoms with E-state index in [-0.39, 0.29) is 0 Å². The van der Waals surface area contributed by atoms with Crippen LogP contribution in [-0.2, 0) is 6.42 Å². The van der Waals surface area contributed by atoms with Gasteiger partial charge in [-0.3, -0.25) is 4.90 Å². The smallest absolute Gasteiger partial charge is 0.134 e. The second-order valence-corrected chi connectivity index (χ2v) is 7.17. The molecule has 5 rings (SSSR count). The van der Waals surface area contributed by atoms with Crippen LogP contribution in [0.1, 0.15) is 49.5 Å². The van der Waals surface area contributed by atoms with Crippen molar-refractivity contribution in [2.24, 2.45) is 11.8 Å². The van der Waals surface area contributed by atoms with Crippen LogP contribution in [0.5, 0.6) is 0 Å². The summed E-state index contributed by atoms with van der Waals surface area (Å²) in [7, 11) is 0. The van der Waals surface area contributed by atoms with E-state index in [1.54, 1.807) is 0 Å². The van der Waals surface area contributed by atoms with Crippen molar-refractivity contribution in [1.82, 2.24) is 4.90 Å². The Morgan fingerprint density at radius 1 is 1.00 bits per heavy atom. The van der Waals surface area contributed by atoms with E-state index >= 15 is 0 Å². The summed E-state index contributed by atoms with van der Waals surface area (Å²) in [5.41, 5.74) is 2.61. The van der Waals surface area contributed by atoms with Gasteiger partial charge < -0.3 is 4.42 Å². The fourth-order valence-electron chi connectivity index (χ4n) is 5.23. The van der Waals surface area contributed by atoms with Gasteiger partial charge in [0.2, 0.25) is 0 Å². The Hall–Kier alpha value is -1.28. The first-order valence-corrected chi connectivity index (χ1v) is 8.66. The van der Waals surface area contributed by atoms with Crippen molar-refractivity contribution in [1.29, 1.82) is 0 Å². The van der Waals surface area contributed by atoms with Crippen LogP contribution in [0.2, 0.25) is 0 Å². The molecule has 1 saturated carbocycles. The number of hydrogen-bond acceptors (Lipinski definition) is 2. The van der Waals surface area contributed by atoms with Gasteiger partial charge in [0.05, 0.1) is 6.04 Å². The van der Waals surface area contributed by atoms with Crippen LogP contribution < -0.4 is 0 Å². The van der Waals surface area contributed by atoms with Crippen molar-refractivity contribution in [2.45, 2.75) is 44.6 Å². The maximum Gasteiger partial charge on any atom is 0.134 e. The highest BCUT2D eigenvalue weighted by atomic mass is 16.3. The number of rotatable bonds is 0. The van der Waals surface area contributed by atoms with E-state index in [4.69, 9.17) is 4.42 Å². The molecule has 0 N–H and O–H groups in total. The van der Waals surface area contributed by atoms with Gasteiger partial charge in [-0.2, -0.15) is 0 Å². The molecule has 3 atom stereocenters. The Kier molecular flexibility index (Phi) is 2.69. The van der Waals surface area contributed by atoms with Crippen LogP contribution in [0.25, 0.3) is 11.0 Å². The predicted molar refractivity (Wildman–Crippen MR) is 84.3 cm³/mol. The summed E-state index contributed by atoms with van der Waals surface area (Å²) in [4.78, 5) is 2.72. The van der Waals surface area contributed by atoms with Crippen LogP contribution in [0.15, 0.2) is 28.7 Å². The van der Waals surface area contributed by atoms with Crippen LogP contribution in [0, 0.1) is 11.8 Å². The zero-order valence-corrected chi connectivity index (χ0v) is 12.6. The Bertz CT molecular complexity index is 673. The van der Waals surface area contributed by atoms with E-state index in [0.717, 1.165) is 17.4 Å². The number of para-hydroxylation sites is 1. The van der Waals surface area contributed by atoms with Crippen molar-refractivity contribution in [3.8, 4) is 0 Å². The summed E-state index contributed by atoms with van der Waals surface area (Å²) in [5.74, 6) is 3.10. The highest BCUT2D eigenvalue weighted by molar-refractivity contribution is 5.82. The van der Waals surface area contributed by atoms with Gasteiger partial charge >= 0.3 is 0 Å². The molecule has 3 aliphatic rings. The summed E-state index contributed by atoms with van der Waals surface area (Å²) in [6.45, 7) is 2.51. The van der Waals surface area contributed by atoms with E-state index in [2.05, 4.69) is 29.2 Å². The third-order valence-electron chi connectivity index (χ3n) is 6.20. The minimum Gasteiger partial charge on any atom is -0.459 e. The average Bonchev–Trinajstić information content (AvgIpc) is 2.93. The summed E-state index contributed by atoms with van der Waals surface area (Å²) < 4.78 is 6.37. The maximum atomic E-state index is 6.37. The first kappa shape index (κ1) is 12.3. The van der Waals surface area contributed by atoms with E-state index < -0.39 is 0 Å². The molecule has 1 aromatic heterocycles. The topological polar surface area (TPSA) is 16.4 Å². The quantitative estimate of drug-likeness (QED) is 0.704. The van der Waals surface area contributed by atoms with Crippen molar-refractivity contribution >= 4 is 11.0 Å². The normalized spacial score (nSPS) is 32.5. The molecule has 1 aromatic carbocycles. The van der Waals surface area contributed by atoms with Gasteiger partial charge in [0.1, 0.15) is 11.3 Å².